The van der Waals surface area contributed by atoms with Gasteiger partial charge in [0.25, 0.3) is 5.91 Å². The van der Waals surface area contributed by atoms with Crippen molar-refractivity contribution in [2.75, 3.05) is 10.6 Å². The molecule has 0 saturated heterocycles. The first-order valence-corrected chi connectivity index (χ1v) is 8.99. The molecule has 0 aliphatic heterocycles. The van der Waals surface area contributed by atoms with Gasteiger partial charge in [0.05, 0.1) is 10.7 Å². The van der Waals surface area contributed by atoms with Gasteiger partial charge in [0.1, 0.15) is 12.4 Å². The van der Waals surface area contributed by atoms with Gasteiger partial charge >= 0.3 is 6.03 Å². The van der Waals surface area contributed by atoms with Crippen molar-refractivity contribution in [3.8, 4) is 5.75 Å². The molecule has 3 amide bonds. The minimum atomic E-state index is -0.640. The Morgan fingerprint density at radius 3 is 2.22 bits per heavy atom. The number of primary amides is 1. The summed E-state index contributed by atoms with van der Waals surface area (Å²) in [4.78, 5) is 27.5. The lowest BCUT2D eigenvalue weighted by Gasteiger charge is -2.08. The van der Waals surface area contributed by atoms with E-state index in [1.54, 1.807) is 59.9 Å². The van der Waals surface area contributed by atoms with Crippen LogP contribution in [0.3, 0.4) is 0 Å². The molecule has 0 bridgehead atoms. The second-order valence-corrected chi connectivity index (χ2v) is 6.75. The Morgan fingerprint density at radius 2 is 1.67 bits per heavy atom. The van der Waals surface area contributed by atoms with Crippen molar-refractivity contribution in [3.05, 3.63) is 70.2 Å². The molecule has 8 heteroatoms. The second-order valence-electron chi connectivity index (χ2n) is 5.69. The van der Waals surface area contributed by atoms with Crippen LogP contribution >= 0.6 is 11.3 Å². The molecule has 4 N–H and O–H groups in total. The van der Waals surface area contributed by atoms with Crippen LogP contribution in [0.15, 0.2) is 53.9 Å². The molecular formula is C19H18N4O3S. The third-order valence-electron chi connectivity index (χ3n) is 3.58. The van der Waals surface area contributed by atoms with Gasteiger partial charge in [0, 0.05) is 22.3 Å². The SMILES string of the molecule is Cc1nc(COc2ccc(C(=O)Nc3ccc(NC(N)=O)cc3)cc2)cs1. The number of thiazole rings is 1. The lowest BCUT2D eigenvalue weighted by atomic mass is 10.2. The number of hydrogen-bond donors (Lipinski definition) is 3. The van der Waals surface area contributed by atoms with E-state index in [9.17, 15) is 9.59 Å². The summed E-state index contributed by atoms with van der Waals surface area (Å²) in [5.74, 6) is 0.423. The molecule has 1 aromatic heterocycles. The van der Waals surface area contributed by atoms with E-state index in [1.165, 1.54) is 0 Å². The molecule has 0 fully saturated rings. The highest BCUT2D eigenvalue weighted by molar-refractivity contribution is 7.09. The number of ether oxygens (including phenoxy) is 1. The van der Waals surface area contributed by atoms with Gasteiger partial charge in [0.2, 0.25) is 0 Å². The molecule has 0 spiro atoms. The normalized spacial score (nSPS) is 10.3. The average molecular weight is 382 g/mol. The molecule has 138 valence electrons. The van der Waals surface area contributed by atoms with Crippen molar-refractivity contribution in [1.82, 2.24) is 4.98 Å². The van der Waals surface area contributed by atoms with E-state index in [2.05, 4.69) is 15.6 Å². The van der Waals surface area contributed by atoms with Crippen LogP contribution in [0.5, 0.6) is 5.75 Å². The van der Waals surface area contributed by atoms with Gasteiger partial charge in [-0.25, -0.2) is 9.78 Å². The monoisotopic (exact) mass is 382 g/mol. The highest BCUT2D eigenvalue weighted by Gasteiger charge is 2.07. The van der Waals surface area contributed by atoms with Gasteiger partial charge in [-0.3, -0.25) is 4.79 Å². The van der Waals surface area contributed by atoms with Crippen molar-refractivity contribution in [1.29, 1.82) is 0 Å². The molecule has 1 heterocycles. The number of rotatable bonds is 6. The average Bonchev–Trinajstić information content (AvgIpc) is 3.07. The smallest absolute Gasteiger partial charge is 0.316 e. The van der Waals surface area contributed by atoms with E-state index in [-0.39, 0.29) is 5.91 Å². The number of urea groups is 1. The predicted molar refractivity (Wildman–Crippen MR) is 105 cm³/mol. The number of amides is 3. The zero-order valence-corrected chi connectivity index (χ0v) is 15.4. The number of hydrogen-bond acceptors (Lipinski definition) is 5. The number of nitrogens with zero attached hydrogens (tertiary/aromatic N) is 1. The molecule has 3 rings (SSSR count). The lowest BCUT2D eigenvalue weighted by Crippen LogP contribution is -2.19. The first kappa shape index (κ1) is 18.4. The van der Waals surface area contributed by atoms with Gasteiger partial charge < -0.3 is 21.1 Å². The van der Waals surface area contributed by atoms with Gasteiger partial charge in [-0.05, 0) is 55.5 Å². The quantitative estimate of drug-likeness (QED) is 0.603. The maximum absolute atomic E-state index is 12.3. The molecule has 0 radical (unpaired) electrons. The van der Waals surface area contributed by atoms with Crippen LogP contribution in [0, 0.1) is 6.92 Å². The molecule has 0 unspecified atom stereocenters. The van der Waals surface area contributed by atoms with Crippen LogP contribution in [0.1, 0.15) is 21.1 Å². The number of anilines is 2. The summed E-state index contributed by atoms with van der Waals surface area (Å²) in [5, 5.41) is 8.20. The van der Waals surface area contributed by atoms with Crippen LogP contribution < -0.4 is 21.1 Å². The summed E-state index contributed by atoms with van der Waals surface area (Å²) in [6.45, 7) is 2.34. The Bertz CT molecular complexity index is 936. The van der Waals surface area contributed by atoms with E-state index < -0.39 is 6.03 Å². The topological polar surface area (TPSA) is 106 Å². The Morgan fingerprint density at radius 1 is 1.04 bits per heavy atom. The Balaban J connectivity index is 1.56. The van der Waals surface area contributed by atoms with Gasteiger partial charge in [0.15, 0.2) is 0 Å². The maximum atomic E-state index is 12.3. The summed E-state index contributed by atoms with van der Waals surface area (Å²) >= 11 is 1.58. The van der Waals surface area contributed by atoms with Crippen molar-refractivity contribution < 1.29 is 14.3 Å². The number of nitrogens with two attached hydrogens (primary N) is 1. The third kappa shape index (κ3) is 5.29. The van der Waals surface area contributed by atoms with Crippen LogP contribution in [0.2, 0.25) is 0 Å². The highest BCUT2D eigenvalue weighted by atomic mass is 32.1. The molecule has 7 nitrogen and oxygen atoms in total. The van der Waals surface area contributed by atoms with E-state index in [1.807, 2.05) is 12.3 Å². The molecule has 3 aromatic rings. The van der Waals surface area contributed by atoms with Crippen molar-refractivity contribution in [2.45, 2.75) is 13.5 Å². The molecule has 0 atom stereocenters. The standard InChI is InChI=1S/C19H18N4O3S/c1-12-21-16(11-27-12)10-26-17-8-2-13(3-9-17)18(24)22-14-4-6-15(7-5-14)23-19(20)25/h2-9,11H,10H2,1H3,(H,22,24)(H3,20,23,25). The van der Waals surface area contributed by atoms with Crippen LogP contribution in [0.4, 0.5) is 16.2 Å². The molecule has 0 saturated carbocycles. The Kier molecular flexibility index (Phi) is 5.68. The Hall–Kier alpha value is -3.39. The largest absolute Gasteiger partial charge is 0.487 e. The fourth-order valence-electron chi connectivity index (χ4n) is 2.32. The van der Waals surface area contributed by atoms with Crippen LogP contribution in [-0.2, 0) is 6.61 Å². The fraction of sp³-hybridized carbons (Fsp3) is 0.105. The van der Waals surface area contributed by atoms with Gasteiger partial charge in [-0.15, -0.1) is 11.3 Å². The van der Waals surface area contributed by atoms with E-state index in [0.717, 1.165) is 10.7 Å². The number of carbonyl (C=O) groups is 2. The Labute approximate surface area is 160 Å². The molecular weight excluding hydrogens is 364 g/mol. The first-order valence-electron chi connectivity index (χ1n) is 8.11. The van der Waals surface area contributed by atoms with Crippen LogP contribution in [-0.4, -0.2) is 16.9 Å². The summed E-state index contributed by atoms with van der Waals surface area (Å²) in [5.41, 5.74) is 7.60. The van der Waals surface area contributed by atoms with Crippen molar-refractivity contribution >= 4 is 34.6 Å². The van der Waals surface area contributed by atoms with Crippen molar-refractivity contribution in [3.63, 3.8) is 0 Å². The van der Waals surface area contributed by atoms with Crippen LogP contribution in [0.25, 0.3) is 0 Å². The summed E-state index contributed by atoms with van der Waals surface area (Å²) in [6, 6.07) is 12.9. The predicted octanol–water partition coefficient (Wildman–Crippen LogP) is 3.77. The third-order valence-corrected chi connectivity index (χ3v) is 4.40. The molecule has 2 aromatic carbocycles. The number of nitrogens with one attached hydrogen (secondary N) is 2. The zero-order chi connectivity index (χ0) is 19.2. The first-order chi connectivity index (χ1) is 13.0. The molecule has 0 aliphatic carbocycles. The fourth-order valence-corrected chi connectivity index (χ4v) is 2.91. The van der Waals surface area contributed by atoms with E-state index in [4.69, 9.17) is 10.5 Å². The van der Waals surface area contributed by atoms with E-state index >= 15 is 0 Å². The van der Waals surface area contributed by atoms with E-state index in [0.29, 0.717) is 29.3 Å². The number of aromatic nitrogens is 1. The number of aryl methyl sites for hydroxylation is 1. The summed E-state index contributed by atoms with van der Waals surface area (Å²) in [7, 11) is 0. The minimum absolute atomic E-state index is 0.243. The number of benzene rings is 2. The van der Waals surface area contributed by atoms with Crippen molar-refractivity contribution in [2.24, 2.45) is 5.73 Å². The summed E-state index contributed by atoms with van der Waals surface area (Å²) in [6.07, 6.45) is 0. The molecule has 0 aliphatic rings. The van der Waals surface area contributed by atoms with Gasteiger partial charge in [-0.1, -0.05) is 0 Å². The second kappa shape index (κ2) is 8.33. The lowest BCUT2D eigenvalue weighted by molar-refractivity contribution is 0.102. The van der Waals surface area contributed by atoms with Gasteiger partial charge in [-0.2, -0.15) is 0 Å². The maximum Gasteiger partial charge on any atom is 0.316 e. The highest BCUT2D eigenvalue weighted by Crippen LogP contribution is 2.18. The summed E-state index contributed by atoms with van der Waals surface area (Å²) < 4.78 is 5.67. The molecule has 27 heavy (non-hydrogen) atoms. The zero-order valence-electron chi connectivity index (χ0n) is 14.6. The minimum Gasteiger partial charge on any atom is -0.487 e. The number of carbonyl (C=O) groups excluding carboxylic acids is 2.